The van der Waals surface area contributed by atoms with Gasteiger partial charge in [-0.05, 0) is 25.0 Å². The van der Waals surface area contributed by atoms with Gasteiger partial charge in [0.1, 0.15) is 0 Å². The molecule has 0 fully saturated rings. The van der Waals surface area contributed by atoms with Crippen LogP contribution < -0.4 is 5.32 Å². The summed E-state index contributed by atoms with van der Waals surface area (Å²) in [5.74, 6) is 1.12. The minimum Gasteiger partial charge on any atom is -0.395 e. The van der Waals surface area contributed by atoms with Crippen molar-refractivity contribution in [2.45, 2.75) is 12.5 Å². The number of aliphatic hydroxyl groups excluding tert-OH is 2. The van der Waals surface area contributed by atoms with E-state index in [4.69, 9.17) is 10.2 Å². The third-order valence-corrected chi connectivity index (χ3v) is 2.10. The molecule has 0 aromatic rings. The molecule has 0 radical (unpaired) electrons. The van der Waals surface area contributed by atoms with Crippen molar-refractivity contribution < 1.29 is 10.2 Å². The Morgan fingerprint density at radius 3 is 2.45 bits per heavy atom. The Balaban J connectivity index is 3.07. The lowest BCUT2D eigenvalue weighted by Gasteiger charge is -2.12. The predicted octanol–water partition coefficient (Wildman–Crippen LogP) is -0.318. The summed E-state index contributed by atoms with van der Waals surface area (Å²) >= 11 is 1.80. The van der Waals surface area contributed by atoms with Crippen LogP contribution in [0.4, 0.5) is 0 Å². The third-order valence-electron chi connectivity index (χ3n) is 1.40. The Hall–Kier alpha value is 0.230. The molecule has 0 rings (SSSR count). The summed E-state index contributed by atoms with van der Waals surface area (Å²) in [6.45, 7) is 0.887. The van der Waals surface area contributed by atoms with Gasteiger partial charge < -0.3 is 15.5 Å². The Morgan fingerprint density at radius 1 is 1.36 bits per heavy atom. The highest BCUT2D eigenvalue weighted by Crippen LogP contribution is 1.93. The maximum atomic E-state index is 8.65. The molecule has 0 heterocycles. The van der Waals surface area contributed by atoms with E-state index < -0.39 is 0 Å². The molecular formula is C7H17NO2S. The van der Waals surface area contributed by atoms with Crippen molar-refractivity contribution in [3.63, 3.8) is 0 Å². The van der Waals surface area contributed by atoms with Crippen molar-refractivity contribution in [2.75, 3.05) is 31.8 Å². The van der Waals surface area contributed by atoms with Crippen molar-refractivity contribution in [1.82, 2.24) is 5.32 Å². The van der Waals surface area contributed by atoms with E-state index in [0.29, 0.717) is 0 Å². The zero-order valence-electron chi connectivity index (χ0n) is 6.92. The minimum atomic E-state index is -0.142. The molecule has 0 aliphatic rings. The Morgan fingerprint density at radius 2 is 2.00 bits per heavy atom. The molecule has 0 unspecified atom stereocenters. The van der Waals surface area contributed by atoms with Crippen LogP contribution in [0.3, 0.4) is 0 Å². The van der Waals surface area contributed by atoms with E-state index in [0.717, 1.165) is 18.7 Å². The van der Waals surface area contributed by atoms with Gasteiger partial charge in [0.2, 0.25) is 0 Å². The van der Waals surface area contributed by atoms with Crippen LogP contribution in [0.15, 0.2) is 0 Å². The van der Waals surface area contributed by atoms with Gasteiger partial charge in [-0.25, -0.2) is 0 Å². The lowest BCUT2D eigenvalue weighted by Crippen LogP contribution is -2.36. The fraction of sp³-hybridized carbons (Fsp3) is 1.00. The van der Waals surface area contributed by atoms with Crippen LogP contribution in [0.25, 0.3) is 0 Å². The standard InChI is InChI=1S/C7H17NO2S/c1-11-4-2-3-8-7(5-9)6-10/h7-10H,2-6H2,1H3. The molecule has 0 aliphatic heterocycles. The molecule has 0 spiro atoms. The van der Waals surface area contributed by atoms with Gasteiger partial charge in [0.05, 0.1) is 19.3 Å². The van der Waals surface area contributed by atoms with Crippen LogP contribution in [0.1, 0.15) is 6.42 Å². The zero-order chi connectivity index (χ0) is 8.53. The average Bonchev–Trinajstić information content (AvgIpc) is 2.05. The first-order valence-corrected chi connectivity index (χ1v) is 5.18. The molecule has 3 N–H and O–H groups in total. The lowest BCUT2D eigenvalue weighted by molar-refractivity contribution is 0.171. The summed E-state index contributed by atoms with van der Waals surface area (Å²) in [5, 5.41) is 20.4. The van der Waals surface area contributed by atoms with Gasteiger partial charge in [-0.2, -0.15) is 11.8 Å². The van der Waals surface area contributed by atoms with Gasteiger partial charge in [0.25, 0.3) is 0 Å². The number of nitrogens with one attached hydrogen (secondary N) is 1. The lowest BCUT2D eigenvalue weighted by atomic mass is 10.3. The van der Waals surface area contributed by atoms with Crippen molar-refractivity contribution >= 4 is 11.8 Å². The van der Waals surface area contributed by atoms with Crippen LogP contribution in [0.2, 0.25) is 0 Å². The monoisotopic (exact) mass is 179 g/mol. The SMILES string of the molecule is CSCCCNC(CO)CO. The van der Waals surface area contributed by atoms with Crippen LogP contribution in [-0.2, 0) is 0 Å². The molecule has 4 heteroatoms. The molecule has 0 bridgehead atoms. The van der Waals surface area contributed by atoms with Gasteiger partial charge in [0, 0.05) is 0 Å². The third kappa shape index (κ3) is 6.62. The van der Waals surface area contributed by atoms with E-state index in [1.54, 1.807) is 11.8 Å². The van der Waals surface area contributed by atoms with Gasteiger partial charge in [-0.1, -0.05) is 0 Å². The highest BCUT2D eigenvalue weighted by molar-refractivity contribution is 7.98. The quantitative estimate of drug-likeness (QED) is 0.469. The topological polar surface area (TPSA) is 52.5 Å². The van der Waals surface area contributed by atoms with Crippen molar-refractivity contribution in [2.24, 2.45) is 0 Å². The first kappa shape index (κ1) is 11.2. The van der Waals surface area contributed by atoms with Crippen LogP contribution in [-0.4, -0.2) is 48.0 Å². The van der Waals surface area contributed by atoms with E-state index in [1.807, 2.05) is 0 Å². The van der Waals surface area contributed by atoms with Gasteiger partial charge >= 0.3 is 0 Å². The van der Waals surface area contributed by atoms with Crippen molar-refractivity contribution in [3.05, 3.63) is 0 Å². The van der Waals surface area contributed by atoms with E-state index in [9.17, 15) is 0 Å². The number of rotatable bonds is 7. The van der Waals surface area contributed by atoms with E-state index in [-0.39, 0.29) is 19.3 Å². The number of thioether (sulfide) groups is 1. The molecule has 0 amide bonds. The summed E-state index contributed by atoms with van der Waals surface area (Å²) in [6, 6.07) is -0.142. The highest BCUT2D eigenvalue weighted by Gasteiger charge is 2.02. The largest absolute Gasteiger partial charge is 0.395 e. The van der Waals surface area contributed by atoms with Gasteiger partial charge in [0.15, 0.2) is 0 Å². The molecule has 0 aliphatic carbocycles. The second-order valence-electron chi connectivity index (χ2n) is 2.36. The second kappa shape index (κ2) is 8.33. The normalized spacial score (nSPS) is 10.9. The van der Waals surface area contributed by atoms with E-state index in [1.165, 1.54) is 0 Å². The summed E-state index contributed by atoms with van der Waals surface area (Å²) in [4.78, 5) is 0. The zero-order valence-corrected chi connectivity index (χ0v) is 7.73. The maximum Gasteiger partial charge on any atom is 0.0607 e. The molecule has 0 saturated carbocycles. The van der Waals surface area contributed by atoms with Crippen LogP contribution in [0.5, 0.6) is 0 Å². The van der Waals surface area contributed by atoms with Crippen molar-refractivity contribution in [3.8, 4) is 0 Å². The molecule has 0 saturated heterocycles. The van der Waals surface area contributed by atoms with Crippen LogP contribution >= 0.6 is 11.8 Å². The predicted molar refractivity (Wildman–Crippen MR) is 49.0 cm³/mol. The van der Waals surface area contributed by atoms with Crippen molar-refractivity contribution in [1.29, 1.82) is 0 Å². The van der Waals surface area contributed by atoms with E-state index in [2.05, 4.69) is 11.6 Å². The summed E-state index contributed by atoms with van der Waals surface area (Å²) in [7, 11) is 0. The van der Waals surface area contributed by atoms with Gasteiger partial charge in [-0.15, -0.1) is 0 Å². The molecule has 0 atom stereocenters. The Kier molecular flexibility index (Phi) is 8.50. The minimum absolute atomic E-state index is 0.00969. The molecule has 0 aromatic heterocycles. The Labute approximate surface area is 72.2 Å². The summed E-state index contributed by atoms with van der Waals surface area (Å²) in [5.41, 5.74) is 0. The fourth-order valence-corrected chi connectivity index (χ4v) is 1.14. The van der Waals surface area contributed by atoms with Crippen LogP contribution in [0, 0.1) is 0 Å². The summed E-state index contributed by atoms with van der Waals surface area (Å²) < 4.78 is 0. The maximum absolute atomic E-state index is 8.65. The number of hydrogen-bond donors (Lipinski definition) is 3. The Bertz CT molecular complexity index is 78.8. The van der Waals surface area contributed by atoms with E-state index >= 15 is 0 Å². The molecule has 68 valence electrons. The molecule has 3 nitrogen and oxygen atoms in total. The molecular weight excluding hydrogens is 162 g/mol. The number of aliphatic hydroxyl groups is 2. The second-order valence-corrected chi connectivity index (χ2v) is 3.35. The molecule has 0 aromatic carbocycles. The average molecular weight is 179 g/mol. The van der Waals surface area contributed by atoms with Gasteiger partial charge in [-0.3, -0.25) is 0 Å². The molecule has 11 heavy (non-hydrogen) atoms. The first-order valence-electron chi connectivity index (χ1n) is 3.79. The highest BCUT2D eigenvalue weighted by atomic mass is 32.2. The first-order chi connectivity index (χ1) is 5.35. The fourth-order valence-electron chi connectivity index (χ4n) is 0.710. The smallest absolute Gasteiger partial charge is 0.0607 e. The number of hydrogen-bond acceptors (Lipinski definition) is 4. The summed E-state index contributed by atoms with van der Waals surface area (Å²) in [6.07, 6.45) is 3.15.